The zero-order valence-corrected chi connectivity index (χ0v) is 13.9. The summed E-state index contributed by atoms with van der Waals surface area (Å²) >= 11 is 0. The summed E-state index contributed by atoms with van der Waals surface area (Å²) in [7, 11) is 1.51. The minimum Gasteiger partial charge on any atom is -0.497 e. The molecule has 0 spiro atoms. The fourth-order valence-corrected chi connectivity index (χ4v) is 2.26. The van der Waals surface area contributed by atoms with E-state index in [1.807, 2.05) is 0 Å². The van der Waals surface area contributed by atoms with E-state index in [4.69, 9.17) is 14.9 Å². The summed E-state index contributed by atoms with van der Waals surface area (Å²) in [5.41, 5.74) is 6.97. The minimum atomic E-state index is -4.64. The lowest BCUT2D eigenvalue weighted by molar-refractivity contribution is -0.141. The van der Waals surface area contributed by atoms with Crippen molar-refractivity contribution < 1.29 is 27.1 Å². The number of hydrazone groups is 1. The summed E-state index contributed by atoms with van der Waals surface area (Å²) in [4.78, 5) is 15.5. The van der Waals surface area contributed by atoms with Gasteiger partial charge in [0.25, 0.3) is 0 Å². The van der Waals surface area contributed by atoms with Crippen LogP contribution in [0.5, 0.6) is 5.75 Å². The van der Waals surface area contributed by atoms with Gasteiger partial charge in [0.2, 0.25) is 11.5 Å². The van der Waals surface area contributed by atoms with E-state index in [1.54, 1.807) is 24.3 Å². The van der Waals surface area contributed by atoms with Gasteiger partial charge in [0, 0.05) is 0 Å². The van der Waals surface area contributed by atoms with Gasteiger partial charge < -0.3 is 14.9 Å². The molecule has 0 saturated carbocycles. The van der Waals surface area contributed by atoms with Crippen LogP contribution < -0.4 is 15.9 Å². The van der Waals surface area contributed by atoms with Gasteiger partial charge in [-0.05, 0) is 29.8 Å². The van der Waals surface area contributed by atoms with Crippen molar-refractivity contribution in [1.29, 1.82) is 0 Å². The normalized spacial score (nSPS) is 11.9. The number of furan rings is 1. The molecule has 0 aliphatic heterocycles. The lowest BCUT2D eigenvalue weighted by Gasteiger charge is -2.03. The molecular formula is C17H13F3N4O3. The van der Waals surface area contributed by atoms with Gasteiger partial charge in [-0.2, -0.15) is 18.3 Å². The SMILES string of the molecule is COc1cccc(/C=N/NC(=O)c2oc3nc(C(F)(F)F)ccc3c2N)c1. The number of alkyl halides is 3. The number of nitrogen functional groups attached to an aromatic ring is 1. The molecule has 1 amide bonds. The number of pyridine rings is 1. The van der Waals surface area contributed by atoms with Crippen LogP contribution in [0, 0.1) is 0 Å². The molecule has 3 rings (SSSR count). The third-order valence-corrected chi connectivity index (χ3v) is 3.56. The maximum Gasteiger partial charge on any atom is 0.433 e. The second-order valence-corrected chi connectivity index (χ2v) is 5.37. The Morgan fingerprint density at radius 1 is 1.33 bits per heavy atom. The number of fused-ring (bicyclic) bond motifs is 1. The van der Waals surface area contributed by atoms with Gasteiger partial charge in [0.05, 0.1) is 24.4 Å². The van der Waals surface area contributed by atoms with Crippen molar-refractivity contribution in [3.8, 4) is 5.75 Å². The number of hydrogen-bond donors (Lipinski definition) is 2. The molecule has 0 fully saturated rings. The standard InChI is InChI=1S/C17H13F3N4O3/c1-26-10-4-2-3-9(7-10)8-22-24-15(25)14-13(21)11-5-6-12(17(18,19)20)23-16(11)27-14/h2-8H,21H2,1H3,(H,24,25)/b22-8+. The Kier molecular flexibility index (Phi) is 4.72. The Morgan fingerprint density at radius 2 is 2.11 bits per heavy atom. The predicted molar refractivity (Wildman–Crippen MR) is 91.5 cm³/mol. The lowest BCUT2D eigenvalue weighted by Crippen LogP contribution is -2.18. The highest BCUT2D eigenvalue weighted by Crippen LogP contribution is 2.32. The van der Waals surface area contributed by atoms with Gasteiger partial charge in [-0.15, -0.1) is 0 Å². The maximum atomic E-state index is 12.7. The number of anilines is 1. The van der Waals surface area contributed by atoms with E-state index in [0.717, 1.165) is 12.1 Å². The average molecular weight is 378 g/mol. The first-order chi connectivity index (χ1) is 12.8. The molecule has 1 aromatic carbocycles. The van der Waals surface area contributed by atoms with Crippen LogP contribution in [-0.2, 0) is 6.18 Å². The van der Waals surface area contributed by atoms with Crippen LogP contribution in [0.4, 0.5) is 18.9 Å². The Balaban J connectivity index is 1.81. The van der Waals surface area contributed by atoms with Crippen molar-refractivity contribution in [3.63, 3.8) is 0 Å². The second kappa shape index (κ2) is 6.98. The fourth-order valence-electron chi connectivity index (χ4n) is 2.26. The Bertz CT molecular complexity index is 1030. The molecule has 2 heterocycles. The first kappa shape index (κ1) is 18.2. The highest BCUT2D eigenvalue weighted by molar-refractivity contribution is 6.04. The molecule has 27 heavy (non-hydrogen) atoms. The lowest BCUT2D eigenvalue weighted by atomic mass is 10.2. The van der Waals surface area contributed by atoms with Crippen LogP contribution in [-0.4, -0.2) is 24.2 Å². The molecule has 10 heteroatoms. The Hall–Kier alpha value is -3.56. The van der Waals surface area contributed by atoms with E-state index in [0.29, 0.717) is 11.3 Å². The number of halogens is 3. The number of nitrogens with two attached hydrogens (primary N) is 1. The molecule has 0 aliphatic rings. The highest BCUT2D eigenvalue weighted by atomic mass is 19.4. The van der Waals surface area contributed by atoms with Gasteiger partial charge in [-0.25, -0.2) is 10.4 Å². The van der Waals surface area contributed by atoms with E-state index < -0.39 is 17.8 Å². The molecule has 0 saturated heterocycles. The van der Waals surface area contributed by atoms with Crippen molar-refractivity contribution in [2.24, 2.45) is 5.10 Å². The molecule has 0 unspecified atom stereocenters. The predicted octanol–water partition coefficient (Wildman–Crippen LogP) is 3.20. The zero-order valence-electron chi connectivity index (χ0n) is 13.9. The van der Waals surface area contributed by atoms with Crippen molar-refractivity contribution in [3.05, 3.63) is 53.4 Å². The van der Waals surface area contributed by atoms with Gasteiger partial charge in [0.1, 0.15) is 11.4 Å². The average Bonchev–Trinajstić information content (AvgIpc) is 2.97. The molecule has 0 atom stereocenters. The number of nitrogens with one attached hydrogen (secondary N) is 1. The number of rotatable bonds is 4. The third-order valence-electron chi connectivity index (χ3n) is 3.56. The summed E-state index contributed by atoms with van der Waals surface area (Å²) in [5, 5.41) is 3.87. The molecule has 2 aromatic heterocycles. The topological polar surface area (TPSA) is 103 Å². The van der Waals surface area contributed by atoms with E-state index in [2.05, 4.69) is 15.5 Å². The monoisotopic (exact) mass is 378 g/mol. The molecule has 3 N–H and O–H groups in total. The van der Waals surface area contributed by atoms with E-state index in [9.17, 15) is 18.0 Å². The molecule has 0 aliphatic carbocycles. The Morgan fingerprint density at radius 3 is 2.81 bits per heavy atom. The van der Waals surface area contributed by atoms with Gasteiger partial charge in [-0.3, -0.25) is 4.79 Å². The van der Waals surface area contributed by atoms with Gasteiger partial charge in [0.15, 0.2) is 0 Å². The first-order valence-electron chi connectivity index (χ1n) is 7.53. The summed E-state index contributed by atoms with van der Waals surface area (Å²) < 4.78 is 48.3. The number of aromatic nitrogens is 1. The van der Waals surface area contributed by atoms with E-state index in [-0.39, 0.29) is 22.5 Å². The smallest absolute Gasteiger partial charge is 0.433 e. The van der Waals surface area contributed by atoms with Crippen LogP contribution in [0.3, 0.4) is 0 Å². The highest BCUT2D eigenvalue weighted by Gasteiger charge is 2.33. The van der Waals surface area contributed by atoms with Crippen LogP contribution in [0.25, 0.3) is 11.1 Å². The summed E-state index contributed by atoms with van der Waals surface area (Å²) in [5.74, 6) is -0.587. The number of ether oxygens (including phenoxy) is 1. The quantitative estimate of drug-likeness (QED) is 0.536. The number of carbonyl (C=O) groups excluding carboxylic acids is 1. The van der Waals surface area contributed by atoms with Crippen LogP contribution in [0.1, 0.15) is 21.8 Å². The third kappa shape index (κ3) is 3.84. The molecule has 0 bridgehead atoms. The molecule has 0 radical (unpaired) electrons. The zero-order chi connectivity index (χ0) is 19.6. The number of hydrogen-bond acceptors (Lipinski definition) is 6. The number of benzene rings is 1. The minimum absolute atomic E-state index is 0.102. The summed E-state index contributed by atoms with van der Waals surface area (Å²) in [6.07, 6.45) is -3.28. The first-order valence-corrected chi connectivity index (χ1v) is 7.53. The fraction of sp³-hybridized carbons (Fsp3) is 0.118. The van der Waals surface area contributed by atoms with Crippen LogP contribution >= 0.6 is 0 Å². The summed E-state index contributed by atoms with van der Waals surface area (Å²) in [6.45, 7) is 0. The second-order valence-electron chi connectivity index (χ2n) is 5.37. The number of carbonyl (C=O) groups is 1. The number of methoxy groups -OCH3 is 1. The molecular weight excluding hydrogens is 365 g/mol. The van der Waals surface area contributed by atoms with Crippen LogP contribution in [0.2, 0.25) is 0 Å². The number of amides is 1. The molecule has 140 valence electrons. The summed E-state index contributed by atoms with van der Waals surface area (Å²) in [6, 6.07) is 8.76. The van der Waals surface area contributed by atoms with Crippen molar-refractivity contribution >= 4 is 28.9 Å². The van der Waals surface area contributed by atoms with Crippen molar-refractivity contribution in [2.45, 2.75) is 6.18 Å². The van der Waals surface area contributed by atoms with E-state index >= 15 is 0 Å². The van der Waals surface area contributed by atoms with Crippen molar-refractivity contribution in [1.82, 2.24) is 10.4 Å². The van der Waals surface area contributed by atoms with Gasteiger partial charge >= 0.3 is 12.1 Å². The van der Waals surface area contributed by atoms with Gasteiger partial charge in [-0.1, -0.05) is 12.1 Å². The maximum absolute atomic E-state index is 12.7. The van der Waals surface area contributed by atoms with E-state index in [1.165, 1.54) is 13.3 Å². The van der Waals surface area contributed by atoms with Crippen LogP contribution in [0.15, 0.2) is 45.9 Å². The Labute approximate surface area is 150 Å². The number of nitrogens with zero attached hydrogens (tertiary/aromatic N) is 2. The van der Waals surface area contributed by atoms with Crippen molar-refractivity contribution in [2.75, 3.05) is 12.8 Å². The molecule has 7 nitrogen and oxygen atoms in total. The molecule has 3 aromatic rings. The largest absolute Gasteiger partial charge is 0.497 e.